The van der Waals surface area contributed by atoms with Crippen LogP contribution in [0, 0.1) is 12.7 Å². The highest BCUT2D eigenvalue weighted by Crippen LogP contribution is 2.37. The van der Waals surface area contributed by atoms with E-state index in [1.54, 1.807) is 42.1 Å². The highest BCUT2D eigenvalue weighted by Gasteiger charge is 2.26. The lowest BCUT2D eigenvalue weighted by atomic mass is 10.0. The van der Waals surface area contributed by atoms with Crippen LogP contribution in [0.5, 0.6) is 0 Å². The van der Waals surface area contributed by atoms with Gasteiger partial charge >= 0.3 is 0 Å². The van der Waals surface area contributed by atoms with Crippen molar-refractivity contribution >= 4 is 21.8 Å². The predicted octanol–water partition coefficient (Wildman–Crippen LogP) is 3.65. The lowest BCUT2D eigenvalue weighted by Crippen LogP contribution is -2.30. The molecule has 3 nitrogen and oxygen atoms in total. The Balaban J connectivity index is 1.91. The third kappa shape index (κ3) is 3.19. The lowest BCUT2D eigenvalue weighted by molar-refractivity contribution is 0.541. The first-order valence-corrected chi connectivity index (χ1v) is 9.44. The van der Waals surface area contributed by atoms with E-state index in [0.29, 0.717) is 12.0 Å². The van der Waals surface area contributed by atoms with Gasteiger partial charge in [0.2, 0.25) is 10.0 Å². The summed E-state index contributed by atoms with van der Waals surface area (Å²) in [5.41, 5.74) is 1.72. The summed E-state index contributed by atoms with van der Waals surface area (Å²) in [5, 5.41) is 0. The number of fused-ring (bicyclic) bond motifs is 1. The van der Waals surface area contributed by atoms with E-state index in [2.05, 4.69) is 4.72 Å². The molecule has 0 aliphatic carbocycles. The molecule has 3 rings (SSSR count). The van der Waals surface area contributed by atoms with Crippen molar-refractivity contribution in [2.24, 2.45) is 0 Å². The first-order chi connectivity index (χ1) is 10.5. The summed E-state index contributed by atoms with van der Waals surface area (Å²) in [6.45, 7) is 1.90. The van der Waals surface area contributed by atoms with Crippen molar-refractivity contribution in [3.63, 3.8) is 0 Å². The monoisotopic (exact) mass is 337 g/mol. The summed E-state index contributed by atoms with van der Waals surface area (Å²) >= 11 is 1.62. The summed E-state index contributed by atoms with van der Waals surface area (Å²) in [7, 11) is -3.61. The molecule has 116 valence electrons. The van der Waals surface area contributed by atoms with Gasteiger partial charge in [-0.25, -0.2) is 17.5 Å². The Labute approximate surface area is 134 Å². The fourth-order valence-corrected chi connectivity index (χ4v) is 4.82. The van der Waals surface area contributed by atoms with Gasteiger partial charge in [0.05, 0.1) is 4.90 Å². The van der Waals surface area contributed by atoms with E-state index < -0.39 is 16.1 Å². The third-order valence-corrected chi connectivity index (χ3v) is 6.25. The molecule has 6 heteroatoms. The molecule has 0 saturated heterocycles. The zero-order chi connectivity index (χ0) is 15.7. The van der Waals surface area contributed by atoms with Crippen molar-refractivity contribution in [1.82, 2.24) is 4.72 Å². The van der Waals surface area contributed by atoms with Gasteiger partial charge in [-0.3, -0.25) is 0 Å². The maximum atomic E-state index is 13.5. The van der Waals surface area contributed by atoms with Crippen LogP contribution >= 0.6 is 11.8 Å². The van der Waals surface area contributed by atoms with Gasteiger partial charge in [-0.1, -0.05) is 17.7 Å². The van der Waals surface area contributed by atoms with Crippen molar-refractivity contribution in [2.75, 3.05) is 5.75 Å². The SMILES string of the molecule is Cc1ccc(S(=O)(=O)N[C@@H]2CCSc3ccc(F)cc32)cc1. The van der Waals surface area contributed by atoms with E-state index in [0.717, 1.165) is 16.2 Å². The standard InChI is InChI=1S/C16H16FNO2S2/c1-11-2-5-13(6-3-11)22(19,20)18-15-8-9-21-16-7-4-12(17)10-14(15)16/h2-7,10,15,18H,8-9H2,1H3/t15-/m1/s1. The zero-order valence-corrected chi connectivity index (χ0v) is 13.7. The van der Waals surface area contributed by atoms with Gasteiger partial charge < -0.3 is 0 Å². The Hall–Kier alpha value is -1.37. The van der Waals surface area contributed by atoms with Crippen molar-refractivity contribution < 1.29 is 12.8 Å². The molecule has 22 heavy (non-hydrogen) atoms. The molecule has 0 spiro atoms. The maximum absolute atomic E-state index is 13.5. The summed E-state index contributed by atoms with van der Waals surface area (Å²) < 4.78 is 41.2. The molecule has 0 unspecified atom stereocenters. The van der Waals surface area contributed by atoms with Crippen LogP contribution in [0.3, 0.4) is 0 Å². The van der Waals surface area contributed by atoms with Gasteiger partial charge in [-0.2, -0.15) is 0 Å². The molecular formula is C16H16FNO2S2. The maximum Gasteiger partial charge on any atom is 0.241 e. The fraction of sp³-hybridized carbons (Fsp3) is 0.250. The van der Waals surface area contributed by atoms with Crippen molar-refractivity contribution in [2.45, 2.75) is 29.2 Å². The Morgan fingerprint density at radius 3 is 2.64 bits per heavy atom. The molecule has 2 aromatic rings. The molecule has 1 aliphatic heterocycles. The van der Waals surface area contributed by atoms with Gasteiger partial charge in [0.25, 0.3) is 0 Å². The van der Waals surface area contributed by atoms with Crippen LogP contribution in [-0.4, -0.2) is 14.2 Å². The van der Waals surface area contributed by atoms with Crippen molar-refractivity contribution in [3.05, 3.63) is 59.4 Å². The Kier molecular flexibility index (Phi) is 4.25. The molecule has 0 aromatic heterocycles. The number of hydrogen-bond acceptors (Lipinski definition) is 3. The van der Waals surface area contributed by atoms with E-state index in [-0.39, 0.29) is 10.7 Å². The second-order valence-corrected chi connectivity index (χ2v) is 8.16. The van der Waals surface area contributed by atoms with Crippen molar-refractivity contribution in [3.8, 4) is 0 Å². The average Bonchev–Trinajstić information content (AvgIpc) is 2.48. The van der Waals surface area contributed by atoms with Crippen LogP contribution < -0.4 is 4.72 Å². The summed E-state index contributed by atoms with van der Waals surface area (Å²) in [6.07, 6.45) is 0.645. The summed E-state index contributed by atoms with van der Waals surface area (Å²) in [6, 6.07) is 10.8. The average molecular weight is 337 g/mol. The zero-order valence-electron chi connectivity index (χ0n) is 12.0. The second-order valence-electron chi connectivity index (χ2n) is 5.31. The summed E-state index contributed by atoms with van der Waals surface area (Å²) in [5.74, 6) is 0.459. The molecule has 2 aromatic carbocycles. The molecule has 1 atom stereocenters. The first-order valence-electron chi connectivity index (χ1n) is 6.97. The van der Waals surface area contributed by atoms with Crippen LogP contribution in [0.2, 0.25) is 0 Å². The normalized spacial score (nSPS) is 18.0. The number of benzene rings is 2. The molecule has 0 radical (unpaired) electrons. The number of thioether (sulfide) groups is 1. The molecular weight excluding hydrogens is 321 g/mol. The summed E-state index contributed by atoms with van der Waals surface area (Å²) in [4.78, 5) is 1.17. The van der Waals surface area contributed by atoms with Crippen LogP contribution in [0.1, 0.15) is 23.6 Å². The highest BCUT2D eigenvalue weighted by atomic mass is 32.2. The van der Waals surface area contributed by atoms with E-state index in [1.165, 1.54) is 12.1 Å². The molecule has 0 fully saturated rings. The number of halogens is 1. The van der Waals surface area contributed by atoms with E-state index >= 15 is 0 Å². The van der Waals surface area contributed by atoms with E-state index in [9.17, 15) is 12.8 Å². The third-order valence-electron chi connectivity index (χ3n) is 3.64. The minimum atomic E-state index is -3.61. The highest BCUT2D eigenvalue weighted by molar-refractivity contribution is 7.99. The first kappa shape index (κ1) is 15.5. The van der Waals surface area contributed by atoms with Crippen LogP contribution in [0.4, 0.5) is 4.39 Å². The quantitative estimate of drug-likeness (QED) is 0.930. The molecule has 0 bridgehead atoms. The van der Waals surface area contributed by atoms with Gasteiger partial charge in [-0.05, 0) is 55.0 Å². The molecule has 0 amide bonds. The minimum Gasteiger partial charge on any atom is -0.207 e. The number of aryl methyl sites for hydroxylation is 1. The predicted molar refractivity (Wildman–Crippen MR) is 86.0 cm³/mol. The Bertz CT molecular complexity index is 788. The number of nitrogens with one attached hydrogen (secondary N) is 1. The minimum absolute atomic E-state index is 0.231. The molecule has 1 heterocycles. The second kappa shape index (κ2) is 6.02. The van der Waals surface area contributed by atoms with Crippen molar-refractivity contribution in [1.29, 1.82) is 0 Å². The van der Waals surface area contributed by atoms with Gasteiger partial charge in [0, 0.05) is 10.9 Å². The Morgan fingerprint density at radius 1 is 1.18 bits per heavy atom. The number of sulfonamides is 1. The molecule has 0 saturated carbocycles. The van der Waals surface area contributed by atoms with Crippen LogP contribution in [-0.2, 0) is 10.0 Å². The smallest absolute Gasteiger partial charge is 0.207 e. The molecule has 1 N–H and O–H groups in total. The number of rotatable bonds is 3. The van der Waals surface area contributed by atoms with Gasteiger partial charge in [-0.15, -0.1) is 11.8 Å². The van der Waals surface area contributed by atoms with Crippen LogP contribution in [0.25, 0.3) is 0 Å². The molecule has 1 aliphatic rings. The van der Waals surface area contributed by atoms with E-state index in [1.807, 2.05) is 6.92 Å². The largest absolute Gasteiger partial charge is 0.241 e. The number of hydrogen-bond donors (Lipinski definition) is 1. The lowest BCUT2D eigenvalue weighted by Gasteiger charge is -2.25. The van der Waals surface area contributed by atoms with E-state index in [4.69, 9.17) is 0 Å². The topological polar surface area (TPSA) is 46.2 Å². The van der Waals surface area contributed by atoms with Gasteiger partial charge in [0.15, 0.2) is 0 Å². The Morgan fingerprint density at radius 2 is 1.91 bits per heavy atom. The fourth-order valence-electron chi connectivity index (χ4n) is 2.46. The van der Waals surface area contributed by atoms with Gasteiger partial charge in [0.1, 0.15) is 5.82 Å². The van der Waals surface area contributed by atoms with Crippen LogP contribution in [0.15, 0.2) is 52.3 Å².